The summed E-state index contributed by atoms with van der Waals surface area (Å²) in [5, 5.41) is 9.22. The Morgan fingerprint density at radius 2 is 1.68 bits per heavy atom. The number of hydrogen-bond donors (Lipinski definition) is 1. The van der Waals surface area contributed by atoms with E-state index in [0.29, 0.717) is 13.0 Å². The van der Waals surface area contributed by atoms with Crippen molar-refractivity contribution in [2.75, 3.05) is 61.2 Å². The average molecular weight is 358 g/mol. The summed E-state index contributed by atoms with van der Waals surface area (Å²) in [6, 6.07) is 0. The summed E-state index contributed by atoms with van der Waals surface area (Å²) in [5.74, 6) is 0.0155. The molecule has 0 heterocycles. The molecule has 6 heteroatoms. The molecule has 0 saturated carbocycles. The first-order chi connectivity index (χ1) is 11.6. The normalized spacial score (nSPS) is 14.0. The number of allylic oxidation sites excluding steroid dienone is 1. The zero-order valence-corrected chi connectivity index (χ0v) is 17.3. The van der Waals surface area contributed by atoms with Gasteiger partial charge in [-0.3, -0.25) is 4.79 Å². The predicted molar refractivity (Wildman–Crippen MR) is 103 cm³/mol. The molecule has 148 valence electrons. The molecule has 0 aliphatic rings. The van der Waals surface area contributed by atoms with Crippen LogP contribution in [0.15, 0.2) is 12.3 Å². The van der Waals surface area contributed by atoms with Crippen molar-refractivity contribution in [1.82, 2.24) is 14.7 Å². The molecule has 6 nitrogen and oxygen atoms in total. The molecule has 0 aliphatic heterocycles. The van der Waals surface area contributed by atoms with Crippen molar-refractivity contribution < 1.29 is 14.6 Å². The van der Waals surface area contributed by atoms with Gasteiger partial charge in [-0.2, -0.15) is 0 Å². The highest BCUT2D eigenvalue weighted by atomic mass is 16.5. The number of ether oxygens (including phenoxy) is 1. The Balaban J connectivity index is 4.43. The molecule has 0 saturated heterocycles. The van der Waals surface area contributed by atoms with Gasteiger partial charge in [-0.15, -0.1) is 0 Å². The van der Waals surface area contributed by atoms with E-state index in [9.17, 15) is 9.90 Å². The Labute approximate surface area is 154 Å². The Morgan fingerprint density at radius 3 is 2.16 bits per heavy atom. The van der Waals surface area contributed by atoms with Crippen molar-refractivity contribution in [1.29, 1.82) is 0 Å². The minimum atomic E-state index is -0.161. The quantitative estimate of drug-likeness (QED) is 0.400. The number of nitrogens with zero attached hydrogens (tertiary/aromatic N) is 3. The van der Waals surface area contributed by atoms with E-state index in [1.54, 1.807) is 11.9 Å². The Hall–Kier alpha value is -1.11. The van der Waals surface area contributed by atoms with Crippen LogP contribution in [0.25, 0.3) is 0 Å². The van der Waals surface area contributed by atoms with Gasteiger partial charge in [-0.25, -0.2) is 0 Å². The fourth-order valence-electron chi connectivity index (χ4n) is 2.52. The van der Waals surface area contributed by atoms with Crippen LogP contribution in [0.2, 0.25) is 0 Å². The van der Waals surface area contributed by atoms with Crippen molar-refractivity contribution in [3.05, 3.63) is 12.3 Å². The first-order valence-electron chi connectivity index (χ1n) is 9.10. The highest BCUT2D eigenvalue weighted by Gasteiger charge is 2.27. The highest BCUT2D eigenvalue weighted by molar-refractivity contribution is 5.72. The van der Waals surface area contributed by atoms with E-state index in [2.05, 4.69) is 16.4 Å². The molecule has 2 unspecified atom stereocenters. The number of hydrogen-bond acceptors (Lipinski definition) is 6. The van der Waals surface area contributed by atoms with Crippen molar-refractivity contribution in [2.45, 2.75) is 27.2 Å². The number of esters is 1. The zero-order chi connectivity index (χ0) is 19.6. The smallest absolute Gasteiger partial charge is 0.309 e. The van der Waals surface area contributed by atoms with E-state index >= 15 is 0 Å². The third-order valence-electron chi connectivity index (χ3n) is 4.63. The van der Waals surface area contributed by atoms with E-state index in [4.69, 9.17) is 4.74 Å². The van der Waals surface area contributed by atoms with Gasteiger partial charge in [-0.05, 0) is 39.4 Å². The molecule has 0 amide bonds. The van der Waals surface area contributed by atoms with Crippen LogP contribution >= 0.6 is 0 Å². The molecule has 0 fully saturated rings. The molecule has 0 bridgehead atoms. The molecule has 0 aromatic heterocycles. The molecule has 1 N–H and O–H groups in total. The van der Waals surface area contributed by atoms with Crippen LogP contribution in [0.4, 0.5) is 0 Å². The lowest BCUT2D eigenvalue weighted by Crippen LogP contribution is -2.33. The van der Waals surface area contributed by atoms with Crippen LogP contribution in [-0.4, -0.2) is 86.9 Å². The van der Waals surface area contributed by atoms with Gasteiger partial charge in [0.25, 0.3) is 0 Å². The third-order valence-corrected chi connectivity index (χ3v) is 4.63. The molecule has 25 heavy (non-hydrogen) atoms. The molecule has 0 spiro atoms. The standard InChI is InChI=1S/C19H39N3O3/c1-15(2)18(13-16(3)17(4)22(8)14-23)19(24)25-12-11-21(7)10-9-20(5)6/h15-16,18,23H,4,9-14H2,1-3,5-8H3. The van der Waals surface area contributed by atoms with E-state index in [1.807, 2.05) is 41.9 Å². The van der Waals surface area contributed by atoms with E-state index in [0.717, 1.165) is 25.3 Å². The maximum Gasteiger partial charge on any atom is 0.309 e. The summed E-state index contributed by atoms with van der Waals surface area (Å²) in [5.41, 5.74) is 0.837. The summed E-state index contributed by atoms with van der Waals surface area (Å²) in [7, 11) is 7.92. The molecule has 0 radical (unpaired) electrons. The predicted octanol–water partition coefficient (Wildman–Crippen LogP) is 1.72. The highest BCUT2D eigenvalue weighted by Crippen LogP contribution is 2.26. The zero-order valence-electron chi connectivity index (χ0n) is 17.3. The van der Waals surface area contributed by atoms with Gasteiger partial charge in [0, 0.05) is 32.4 Å². The number of carbonyl (C=O) groups excluding carboxylic acids is 1. The van der Waals surface area contributed by atoms with Crippen LogP contribution in [0.5, 0.6) is 0 Å². The van der Waals surface area contributed by atoms with Crippen LogP contribution in [-0.2, 0) is 9.53 Å². The molecular weight excluding hydrogens is 318 g/mol. The molecular formula is C19H39N3O3. The van der Waals surface area contributed by atoms with Crippen LogP contribution < -0.4 is 0 Å². The number of likely N-dealkylation sites (N-methyl/N-ethyl adjacent to an activating group) is 2. The van der Waals surface area contributed by atoms with Gasteiger partial charge in [0.1, 0.15) is 13.3 Å². The SMILES string of the molecule is C=C(C(C)CC(C(=O)OCCN(C)CCN(C)C)C(C)C)N(C)CO. The van der Waals surface area contributed by atoms with E-state index in [-0.39, 0.29) is 30.5 Å². The first-order valence-corrected chi connectivity index (χ1v) is 9.10. The van der Waals surface area contributed by atoms with Crippen LogP contribution in [0.1, 0.15) is 27.2 Å². The molecule has 2 atom stereocenters. The third kappa shape index (κ3) is 9.82. The minimum Gasteiger partial charge on any atom is -0.464 e. The van der Waals surface area contributed by atoms with Crippen molar-refractivity contribution in [3.63, 3.8) is 0 Å². The average Bonchev–Trinajstić information content (AvgIpc) is 2.55. The summed E-state index contributed by atoms with van der Waals surface area (Å²) < 4.78 is 5.52. The van der Waals surface area contributed by atoms with E-state index in [1.165, 1.54) is 0 Å². The monoisotopic (exact) mass is 357 g/mol. The second-order valence-corrected chi connectivity index (χ2v) is 7.59. The Kier molecular flexibility index (Phi) is 11.7. The fourth-order valence-corrected chi connectivity index (χ4v) is 2.52. The Morgan fingerprint density at radius 1 is 1.08 bits per heavy atom. The van der Waals surface area contributed by atoms with Crippen molar-refractivity contribution >= 4 is 5.97 Å². The second kappa shape index (κ2) is 12.3. The molecule has 0 aromatic carbocycles. The summed E-state index contributed by atoms with van der Waals surface area (Å²) in [6.45, 7) is 13.1. The molecule has 0 aromatic rings. The number of rotatable bonds is 13. The lowest BCUT2D eigenvalue weighted by molar-refractivity contribution is -0.151. The summed E-state index contributed by atoms with van der Waals surface area (Å²) in [4.78, 5) is 18.5. The van der Waals surface area contributed by atoms with Crippen molar-refractivity contribution in [2.24, 2.45) is 17.8 Å². The molecule has 0 aliphatic carbocycles. The lowest BCUT2D eigenvalue weighted by atomic mass is 9.86. The summed E-state index contributed by atoms with van der Waals surface area (Å²) in [6.07, 6.45) is 0.677. The van der Waals surface area contributed by atoms with Crippen LogP contribution in [0, 0.1) is 17.8 Å². The number of carbonyl (C=O) groups is 1. The van der Waals surface area contributed by atoms with E-state index < -0.39 is 0 Å². The van der Waals surface area contributed by atoms with Crippen LogP contribution in [0.3, 0.4) is 0 Å². The second-order valence-electron chi connectivity index (χ2n) is 7.59. The van der Waals surface area contributed by atoms with Gasteiger partial charge >= 0.3 is 5.97 Å². The number of aliphatic hydroxyl groups is 1. The van der Waals surface area contributed by atoms with Crippen molar-refractivity contribution in [3.8, 4) is 0 Å². The van der Waals surface area contributed by atoms with Gasteiger partial charge in [0.05, 0.1) is 5.92 Å². The number of aliphatic hydroxyl groups excluding tert-OH is 1. The lowest BCUT2D eigenvalue weighted by Gasteiger charge is -2.28. The van der Waals surface area contributed by atoms with Gasteiger partial charge < -0.3 is 24.5 Å². The largest absolute Gasteiger partial charge is 0.464 e. The fraction of sp³-hybridized carbons (Fsp3) is 0.842. The van der Waals surface area contributed by atoms with Gasteiger partial charge in [0.15, 0.2) is 0 Å². The van der Waals surface area contributed by atoms with Gasteiger partial charge in [0.2, 0.25) is 0 Å². The van der Waals surface area contributed by atoms with Gasteiger partial charge in [-0.1, -0.05) is 27.4 Å². The molecule has 0 rings (SSSR count). The summed E-state index contributed by atoms with van der Waals surface area (Å²) >= 11 is 0. The Bertz CT molecular complexity index is 399. The maximum absolute atomic E-state index is 12.5. The topological polar surface area (TPSA) is 56.2 Å². The first kappa shape index (κ1) is 23.9. The minimum absolute atomic E-state index is 0.0702. The maximum atomic E-state index is 12.5.